The van der Waals surface area contributed by atoms with E-state index in [1.165, 1.54) is 12.8 Å². The van der Waals surface area contributed by atoms with Gasteiger partial charge in [-0.2, -0.15) is 0 Å². The summed E-state index contributed by atoms with van der Waals surface area (Å²) >= 11 is 0. The van der Waals surface area contributed by atoms with Crippen LogP contribution in [0.2, 0.25) is 6.82 Å². The summed E-state index contributed by atoms with van der Waals surface area (Å²) in [7, 11) is 4.07. The van der Waals surface area contributed by atoms with Crippen LogP contribution in [-0.4, -0.2) is 25.0 Å². The average Bonchev–Trinajstić information content (AvgIpc) is 2.29. The summed E-state index contributed by atoms with van der Waals surface area (Å²) in [4.78, 5) is 0. The van der Waals surface area contributed by atoms with Crippen molar-refractivity contribution >= 4 is 16.5 Å². The fraction of sp³-hybridized carbons (Fsp3) is 1.00. The van der Waals surface area contributed by atoms with Gasteiger partial charge >= 0.3 is 0 Å². The molecule has 1 heterocycles. The highest BCUT2D eigenvalue weighted by atomic mass is 31.0. The summed E-state index contributed by atoms with van der Waals surface area (Å²) < 4.78 is 5.91. The van der Waals surface area contributed by atoms with Gasteiger partial charge in [0, 0.05) is 6.00 Å². The van der Waals surface area contributed by atoms with Crippen molar-refractivity contribution in [3.8, 4) is 0 Å². The Hall–Kier alpha value is 0.455. The molecule has 0 aromatic heterocycles. The van der Waals surface area contributed by atoms with Crippen molar-refractivity contribution in [2.75, 3.05) is 0 Å². The van der Waals surface area contributed by atoms with Gasteiger partial charge in [0.25, 0.3) is 0 Å². The van der Waals surface area contributed by atoms with E-state index >= 15 is 0 Å². The van der Waals surface area contributed by atoms with Gasteiger partial charge in [0.2, 0.25) is 0 Å². The molecule has 1 rings (SSSR count). The lowest BCUT2D eigenvalue weighted by molar-refractivity contribution is 0.0723. The molecule has 0 bridgehead atoms. The van der Waals surface area contributed by atoms with Gasteiger partial charge in [0.1, 0.15) is 0 Å². The first-order chi connectivity index (χ1) is 5.63. The second-order valence-corrected chi connectivity index (χ2v) is 5.09. The van der Waals surface area contributed by atoms with Gasteiger partial charge in [-0.1, -0.05) is 20.7 Å². The smallest absolute Gasteiger partial charge is 0.155 e. The van der Waals surface area contributed by atoms with E-state index in [2.05, 4.69) is 29.9 Å². The van der Waals surface area contributed by atoms with Crippen molar-refractivity contribution in [1.82, 2.24) is 0 Å². The number of hydrogen-bond donors (Lipinski definition) is 0. The highest BCUT2D eigenvalue weighted by Crippen LogP contribution is 2.29. The Morgan fingerprint density at radius 3 is 2.67 bits per heavy atom. The maximum absolute atomic E-state index is 5.91. The summed E-state index contributed by atoms with van der Waals surface area (Å²) in [5.74, 6) is 0.766. The molecule has 0 spiro atoms. The van der Waals surface area contributed by atoms with E-state index in [9.17, 15) is 0 Å². The highest BCUT2D eigenvalue weighted by molar-refractivity contribution is 7.18. The molecule has 1 aliphatic rings. The predicted molar refractivity (Wildman–Crippen MR) is 59.2 cm³/mol. The van der Waals surface area contributed by atoms with Gasteiger partial charge < -0.3 is 4.74 Å². The molecular weight excluding hydrogens is 166 g/mol. The quantitative estimate of drug-likeness (QED) is 0.483. The molecule has 0 amide bonds. The van der Waals surface area contributed by atoms with Crippen molar-refractivity contribution in [2.45, 2.75) is 51.3 Å². The molecule has 0 saturated carbocycles. The minimum Gasteiger partial charge on any atom is -0.383 e. The largest absolute Gasteiger partial charge is 0.383 e. The van der Waals surface area contributed by atoms with E-state index in [4.69, 9.17) is 4.74 Å². The van der Waals surface area contributed by atoms with E-state index in [0.717, 1.165) is 13.2 Å². The zero-order valence-electron chi connectivity index (χ0n) is 8.42. The van der Waals surface area contributed by atoms with Gasteiger partial charge in [-0.05, 0) is 24.4 Å². The van der Waals surface area contributed by atoms with Crippen LogP contribution in [0.5, 0.6) is 0 Å². The summed E-state index contributed by atoms with van der Waals surface area (Å²) in [6, 6.07) is 0.499. The van der Waals surface area contributed by atoms with Crippen LogP contribution in [0.1, 0.15) is 26.7 Å². The maximum atomic E-state index is 5.91. The average molecular weight is 186 g/mol. The predicted octanol–water partition coefficient (Wildman–Crippen LogP) is 1.88. The van der Waals surface area contributed by atoms with Crippen LogP contribution in [0.4, 0.5) is 0 Å². The maximum Gasteiger partial charge on any atom is 0.155 e. The normalized spacial score (nSPS) is 35.9. The van der Waals surface area contributed by atoms with Crippen LogP contribution in [0, 0.1) is 5.92 Å². The Bertz CT molecular complexity index is 140. The van der Waals surface area contributed by atoms with E-state index in [-0.39, 0.29) is 0 Å². The van der Waals surface area contributed by atoms with Crippen molar-refractivity contribution in [2.24, 2.45) is 5.92 Å². The molecule has 0 aromatic carbocycles. The Morgan fingerprint density at radius 2 is 2.25 bits per heavy atom. The van der Waals surface area contributed by atoms with Gasteiger partial charge in [-0.3, -0.25) is 0 Å². The monoisotopic (exact) mass is 186 g/mol. The van der Waals surface area contributed by atoms with Crippen molar-refractivity contribution in [1.29, 1.82) is 0 Å². The molecule has 1 fully saturated rings. The molecule has 12 heavy (non-hydrogen) atoms. The van der Waals surface area contributed by atoms with Crippen LogP contribution in [0.15, 0.2) is 0 Å². The first-order valence-electron chi connectivity index (χ1n) is 5.04. The lowest BCUT2D eigenvalue weighted by Crippen LogP contribution is -2.21. The van der Waals surface area contributed by atoms with Crippen LogP contribution < -0.4 is 0 Å². The zero-order chi connectivity index (χ0) is 9.14. The van der Waals surface area contributed by atoms with Gasteiger partial charge in [-0.15, -0.1) is 9.24 Å². The van der Waals surface area contributed by atoms with Crippen LogP contribution in [0.25, 0.3) is 0 Å². The molecule has 1 saturated heterocycles. The second-order valence-electron chi connectivity index (χ2n) is 4.23. The molecule has 1 aliphatic heterocycles. The van der Waals surface area contributed by atoms with Gasteiger partial charge in [0.05, 0.1) is 6.10 Å². The van der Waals surface area contributed by atoms with E-state index in [0.29, 0.717) is 17.8 Å². The lowest BCUT2D eigenvalue weighted by Gasteiger charge is -2.14. The van der Waals surface area contributed by atoms with Gasteiger partial charge in [0.15, 0.2) is 7.28 Å². The van der Waals surface area contributed by atoms with Crippen LogP contribution in [0.3, 0.4) is 0 Å². The number of rotatable bonds is 3. The van der Waals surface area contributed by atoms with E-state index in [1.54, 1.807) is 0 Å². The zero-order valence-corrected chi connectivity index (χ0v) is 9.57. The van der Waals surface area contributed by atoms with Gasteiger partial charge in [-0.25, -0.2) is 0 Å². The third-order valence-corrected chi connectivity index (χ3v) is 3.22. The molecule has 70 valence electrons. The SMILES string of the molecule is CBC1OC(CC(C)C)C[C@H]1P. The minimum absolute atomic E-state index is 0.499. The molecule has 3 heteroatoms. The van der Waals surface area contributed by atoms with Crippen LogP contribution in [-0.2, 0) is 4.74 Å². The lowest BCUT2D eigenvalue weighted by atomic mass is 9.73. The van der Waals surface area contributed by atoms with E-state index in [1.807, 2.05) is 0 Å². The third-order valence-electron chi connectivity index (χ3n) is 2.52. The summed E-state index contributed by atoms with van der Waals surface area (Å²) in [6.07, 6.45) is 2.99. The molecule has 4 atom stereocenters. The summed E-state index contributed by atoms with van der Waals surface area (Å²) in [6.45, 7) is 6.74. The van der Waals surface area contributed by atoms with Crippen molar-refractivity contribution in [3.63, 3.8) is 0 Å². The summed E-state index contributed by atoms with van der Waals surface area (Å²) in [5.41, 5.74) is 0.693. The molecule has 0 N–H and O–H groups in total. The Kier molecular flexibility index (Phi) is 4.06. The topological polar surface area (TPSA) is 9.23 Å². The fourth-order valence-electron chi connectivity index (χ4n) is 1.94. The van der Waals surface area contributed by atoms with Crippen molar-refractivity contribution in [3.05, 3.63) is 0 Å². The number of ether oxygens (including phenoxy) is 1. The Balaban J connectivity index is 2.33. The van der Waals surface area contributed by atoms with E-state index < -0.39 is 0 Å². The fourth-order valence-corrected chi connectivity index (χ4v) is 2.60. The summed E-state index contributed by atoms with van der Waals surface area (Å²) in [5, 5.41) is 0. The van der Waals surface area contributed by atoms with Crippen molar-refractivity contribution < 1.29 is 4.74 Å². The standard InChI is InChI=1S/C9H20BOP/c1-6(2)4-7-5-8(12)9(10-3)11-7/h6-10H,4-5,12H2,1-3H3/t7?,8-,9?/m1/s1. The third kappa shape index (κ3) is 2.74. The highest BCUT2D eigenvalue weighted by Gasteiger charge is 2.31. The molecule has 0 aliphatic carbocycles. The Morgan fingerprint density at radius 1 is 1.58 bits per heavy atom. The number of hydrogen-bond acceptors (Lipinski definition) is 1. The second kappa shape index (κ2) is 4.62. The molecular formula is C9H20BOP. The Labute approximate surface area is 79.1 Å². The molecule has 1 nitrogen and oxygen atoms in total. The minimum atomic E-state index is 0.499. The molecule has 0 radical (unpaired) electrons. The molecule has 0 aromatic rings. The first kappa shape index (κ1) is 10.5. The van der Waals surface area contributed by atoms with Crippen LogP contribution >= 0.6 is 9.24 Å². The first-order valence-corrected chi connectivity index (χ1v) is 5.71. The molecule has 3 unspecified atom stereocenters.